The second-order valence-electron chi connectivity index (χ2n) is 4.02. The first kappa shape index (κ1) is 13.9. The van der Waals surface area contributed by atoms with Gasteiger partial charge >= 0.3 is 0 Å². The van der Waals surface area contributed by atoms with Gasteiger partial charge in [0.2, 0.25) is 10.0 Å². The smallest absolute Gasteiger partial charge is 0.211 e. The minimum atomic E-state index is -3.03. The molecule has 1 saturated heterocycles. The summed E-state index contributed by atoms with van der Waals surface area (Å²) in [4.78, 5) is 2.30. The van der Waals surface area contributed by atoms with Crippen LogP contribution in [0.1, 0.15) is 19.8 Å². The fourth-order valence-electron chi connectivity index (χ4n) is 1.70. The van der Waals surface area contributed by atoms with Crippen molar-refractivity contribution in [1.82, 2.24) is 9.62 Å². The molecule has 6 heteroatoms. The third-order valence-corrected chi connectivity index (χ3v) is 4.14. The number of morpholine rings is 1. The van der Waals surface area contributed by atoms with Gasteiger partial charge in [0, 0.05) is 19.6 Å². The van der Waals surface area contributed by atoms with E-state index in [1.165, 1.54) is 0 Å². The summed E-state index contributed by atoms with van der Waals surface area (Å²) >= 11 is 0. The van der Waals surface area contributed by atoms with Gasteiger partial charge in [0.1, 0.15) is 0 Å². The maximum Gasteiger partial charge on any atom is 0.211 e. The lowest BCUT2D eigenvalue weighted by atomic mass is 10.3. The number of nitrogens with one attached hydrogen (secondary N) is 1. The van der Waals surface area contributed by atoms with E-state index in [4.69, 9.17) is 4.74 Å². The SMILES string of the molecule is CCCS(=O)(=O)NCCCN1CCOCC1. The van der Waals surface area contributed by atoms with Gasteiger partial charge in [0.15, 0.2) is 0 Å². The highest BCUT2D eigenvalue weighted by atomic mass is 32.2. The molecule has 0 saturated carbocycles. The lowest BCUT2D eigenvalue weighted by Crippen LogP contribution is -2.38. The van der Waals surface area contributed by atoms with Gasteiger partial charge in [0.25, 0.3) is 0 Å². The van der Waals surface area contributed by atoms with Gasteiger partial charge in [0.05, 0.1) is 19.0 Å². The number of rotatable bonds is 7. The first-order valence-electron chi connectivity index (χ1n) is 5.91. The number of ether oxygens (including phenoxy) is 1. The molecule has 1 rings (SSSR count). The highest BCUT2D eigenvalue weighted by Gasteiger charge is 2.11. The molecule has 1 fully saturated rings. The Labute approximate surface area is 98.2 Å². The molecule has 16 heavy (non-hydrogen) atoms. The monoisotopic (exact) mass is 250 g/mol. The Hall–Kier alpha value is -0.170. The second-order valence-corrected chi connectivity index (χ2v) is 5.95. The van der Waals surface area contributed by atoms with Crippen molar-refractivity contribution < 1.29 is 13.2 Å². The molecule has 0 aliphatic carbocycles. The Balaban J connectivity index is 2.06. The first-order valence-corrected chi connectivity index (χ1v) is 7.57. The predicted molar refractivity (Wildman–Crippen MR) is 64.0 cm³/mol. The van der Waals surface area contributed by atoms with E-state index in [0.29, 0.717) is 13.0 Å². The van der Waals surface area contributed by atoms with Crippen molar-refractivity contribution in [2.45, 2.75) is 19.8 Å². The van der Waals surface area contributed by atoms with Crippen LogP contribution < -0.4 is 4.72 Å². The zero-order chi connectivity index (χ0) is 11.9. The maximum absolute atomic E-state index is 11.3. The number of hydrogen-bond donors (Lipinski definition) is 1. The van der Waals surface area contributed by atoms with Crippen LogP contribution in [0.15, 0.2) is 0 Å². The van der Waals surface area contributed by atoms with Crippen LogP contribution in [0.4, 0.5) is 0 Å². The molecule has 0 bridgehead atoms. The Kier molecular flexibility index (Phi) is 6.26. The molecule has 1 aliphatic heterocycles. The molecule has 0 spiro atoms. The zero-order valence-corrected chi connectivity index (χ0v) is 10.8. The van der Waals surface area contributed by atoms with E-state index < -0.39 is 10.0 Å². The fraction of sp³-hybridized carbons (Fsp3) is 1.00. The van der Waals surface area contributed by atoms with Crippen molar-refractivity contribution in [1.29, 1.82) is 0 Å². The molecule has 1 heterocycles. The van der Waals surface area contributed by atoms with E-state index in [9.17, 15) is 8.42 Å². The molecule has 0 unspecified atom stereocenters. The van der Waals surface area contributed by atoms with Crippen LogP contribution in [0.2, 0.25) is 0 Å². The van der Waals surface area contributed by atoms with E-state index in [1.807, 2.05) is 6.92 Å². The zero-order valence-electron chi connectivity index (χ0n) is 9.94. The third-order valence-electron chi connectivity index (χ3n) is 2.55. The van der Waals surface area contributed by atoms with Gasteiger partial charge in [-0.15, -0.1) is 0 Å². The van der Waals surface area contributed by atoms with Crippen molar-refractivity contribution in [2.75, 3.05) is 45.1 Å². The standard InChI is InChI=1S/C10H22N2O3S/c1-2-10-16(13,14)11-4-3-5-12-6-8-15-9-7-12/h11H,2-10H2,1H3. The summed E-state index contributed by atoms with van der Waals surface area (Å²) in [6.07, 6.45) is 1.53. The molecule has 0 radical (unpaired) electrons. The lowest BCUT2D eigenvalue weighted by Gasteiger charge is -2.26. The van der Waals surface area contributed by atoms with E-state index >= 15 is 0 Å². The van der Waals surface area contributed by atoms with Gasteiger partial charge in [-0.05, 0) is 19.4 Å². The summed E-state index contributed by atoms with van der Waals surface area (Å²) in [7, 11) is -3.03. The average Bonchev–Trinajstić information content (AvgIpc) is 2.26. The van der Waals surface area contributed by atoms with Crippen LogP contribution in [-0.2, 0) is 14.8 Å². The van der Waals surface area contributed by atoms with Gasteiger partial charge in [-0.25, -0.2) is 13.1 Å². The number of nitrogens with zero attached hydrogens (tertiary/aromatic N) is 1. The van der Waals surface area contributed by atoms with Crippen LogP contribution >= 0.6 is 0 Å². The molecule has 5 nitrogen and oxygen atoms in total. The molecular formula is C10H22N2O3S. The van der Waals surface area contributed by atoms with Crippen molar-refractivity contribution in [3.8, 4) is 0 Å². The molecule has 1 aliphatic rings. The van der Waals surface area contributed by atoms with Crippen LogP contribution in [0.3, 0.4) is 0 Å². The molecule has 0 atom stereocenters. The number of sulfonamides is 1. The van der Waals surface area contributed by atoms with Gasteiger partial charge in [-0.3, -0.25) is 4.90 Å². The highest BCUT2D eigenvalue weighted by Crippen LogP contribution is 1.97. The topological polar surface area (TPSA) is 58.6 Å². The van der Waals surface area contributed by atoms with E-state index in [0.717, 1.165) is 39.3 Å². The Bertz CT molecular complexity index is 274. The highest BCUT2D eigenvalue weighted by molar-refractivity contribution is 7.89. The maximum atomic E-state index is 11.3. The van der Waals surface area contributed by atoms with E-state index in [1.54, 1.807) is 0 Å². The quantitative estimate of drug-likeness (QED) is 0.648. The van der Waals surface area contributed by atoms with Crippen LogP contribution in [0.25, 0.3) is 0 Å². The summed E-state index contributed by atoms with van der Waals surface area (Å²) in [5, 5.41) is 0. The Morgan fingerprint density at radius 3 is 2.62 bits per heavy atom. The second kappa shape index (κ2) is 7.21. The minimum absolute atomic E-state index is 0.227. The van der Waals surface area contributed by atoms with Crippen molar-refractivity contribution >= 4 is 10.0 Å². The molecule has 96 valence electrons. The lowest BCUT2D eigenvalue weighted by molar-refractivity contribution is 0.0376. The van der Waals surface area contributed by atoms with Crippen molar-refractivity contribution in [3.63, 3.8) is 0 Å². The van der Waals surface area contributed by atoms with Crippen LogP contribution in [0, 0.1) is 0 Å². The summed E-state index contributed by atoms with van der Waals surface area (Å²) in [5.74, 6) is 0.227. The fourth-order valence-corrected chi connectivity index (χ4v) is 2.83. The van der Waals surface area contributed by atoms with Crippen molar-refractivity contribution in [2.24, 2.45) is 0 Å². The molecular weight excluding hydrogens is 228 g/mol. The van der Waals surface area contributed by atoms with E-state index in [-0.39, 0.29) is 5.75 Å². The minimum Gasteiger partial charge on any atom is -0.379 e. The van der Waals surface area contributed by atoms with Gasteiger partial charge < -0.3 is 4.74 Å². The molecule has 0 aromatic heterocycles. The molecule has 0 aromatic carbocycles. The van der Waals surface area contributed by atoms with E-state index in [2.05, 4.69) is 9.62 Å². The summed E-state index contributed by atoms with van der Waals surface area (Å²) in [6, 6.07) is 0. The molecule has 0 amide bonds. The Morgan fingerprint density at radius 1 is 1.31 bits per heavy atom. The van der Waals surface area contributed by atoms with Gasteiger partial charge in [-0.2, -0.15) is 0 Å². The molecule has 1 N–H and O–H groups in total. The average molecular weight is 250 g/mol. The summed E-state index contributed by atoms with van der Waals surface area (Å²) in [6.45, 7) is 6.86. The predicted octanol–water partition coefficient (Wildman–Crippen LogP) is 0.0381. The first-order chi connectivity index (χ1) is 7.64. The van der Waals surface area contributed by atoms with Crippen molar-refractivity contribution in [3.05, 3.63) is 0 Å². The largest absolute Gasteiger partial charge is 0.379 e. The third kappa shape index (κ3) is 5.79. The Morgan fingerprint density at radius 2 is 2.00 bits per heavy atom. The van der Waals surface area contributed by atoms with Gasteiger partial charge in [-0.1, -0.05) is 6.92 Å². The van der Waals surface area contributed by atoms with Crippen LogP contribution in [0.5, 0.6) is 0 Å². The molecule has 0 aromatic rings. The summed E-state index contributed by atoms with van der Waals surface area (Å²) in [5.41, 5.74) is 0. The summed E-state index contributed by atoms with van der Waals surface area (Å²) < 4.78 is 30.5. The number of hydrogen-bond acceptors (Lipinski definition) is 4. The normalized spacial score (nSPS) is 18.8. The van der Waals surface area contributed by atoms with Crippen LogP contribution in [-0.4, -0.2) is 58.5 Å².